The standard InChI is InChI=1S/C20H27NO3S/c22-20(13-14-25(23,24)17-6-2-3-7-17)21(16-10-11-16)19-12-9-15-5-1-4-8-18(15)19/h1,4-5,8,16-17,19H,2-3,6-7,9-14H2/t19-/m1/s1. The Bertz CT molecular complexity index is 748. The van der Waals surface area contributed by atoms with Crippen molar-refractivity contribution >= 4 is 15.7 Å². The van der Waals surface area contributed by atoms with Crippen LogP contribution in [0.15, 0.2) is 24.3 Å². The Morgan fingerprint density at radius 3 is 2.48 bits per heavy atom. The van der Waals surface area contributed by atoms with Gasteiger partial charge in [-0.25, -0.2) is 8.42 Å². The van der Waals surface area contributed by atoms with Crippen LogP contribution < -0.4 is 0 Å². The van der Waals surface area contributed by atoms with Gasteiger partial charge in [0.25, 0.3) is 0 Å². The van der Waals surface area contributed by atoms with Crippen LogP contribution in [0.5, 0.6) is 0 Å². The molecule has 0 aromatic heterocycles. The van der Waals surface area contributed by atoms with Crippen molar-refractivity contribution in [1.82, 2.24) is 4.90 Å². The zero-order valence-electron chi connectivity index (χ0n) is 14.7. The molecule has 0 radical (unpaired) electrons. The van der Waals surface area contributed by atoms with Gasteiger partial charge >= 0.3 is 0 Å². The van der Waals surface area contributed by atoms with Crippen LogP contribution in [0, 0.1) is 0 Å². The van der Waals surface area contributed by atoms with Gasteiger partial charge in [0.15, 0.2) is 9.84 Å². The number of fused-ring (bicyclic) bond motifs is 1. The second-order valence-corrected chi connectivity index (χ2v) is 10.2. The molecule has 4 nitrogen and oxygen atoms in total. The monoisotopic (exact) mass is 361 g/mol. The fourth-order valence-electron chi connectivity index (χ4n) is 4.58. The summed E-state index contributed by atoms with van der Waals surface area (Å²) in [6, 6.07) is 8.83. The summed E-state index contributed by atoms with van der Waals surface area (Å²) >= 11 is 0. The highest BCUT2D eigenvalue weighted by molar-refractivity contribution is 7.92. The van der Waals surface area contributed by atoms with Gasteiger partial charge in [-0.1, -0.05) is 37.1 Å². The van der Waals surface area contributed by atoms with Crippen LogP contribution in [0.25, 0.3) is 0 Å². The Kier molecular flexibility index (Phi) is 4.61. The molecule has 0 spiro atoms. The van der Waals surface area contributed by atoms with Crippen molar-refractivity contribution in [1.29, 1.82) is 0 Å². The summed E-state index contributed by atoms with van der Waals surface area (Å²) < 4.78 is 25.0. The second kappa shape index (κ2) is 6.75. The zero-order valence-corrected chi connectivity index (χ0v) is 15.5. The highest BCUT2D eigenvalue weighted by atomic mass is 32.2. The van der Waals surface area contributed by atoms with E-state index in [0.29, 0.717) is 6.04 Å². The molecule has 3 aliphatic carbocycles. The summed E-state index contributed by atoms with van der Waals surface area (Å²) in [5.74, 6) is 0.0550. The van der Waals surface area contributed by atoms with E-state index >= 15 is 0 Å². The molecule has 3 aliphatic rings. The van der Waals surface area contributed by atoms with Gasteiger partial charge in [-0.3, -0.25) is 4.79 Å². The molecule has 0 unspecified atom stereocenters. The van der Waals surface area contributed by atoms with Gasteiger partial charge in [0.2, 0.25) is 5.91 Å². The van der Waals surface area contributed by atoms with Crippen molar-refractivity contribution in [3.63, 3.8) is 0 Å². The molecule has 0 aliphatic heterocycles. The van der Waals surface area contributed by atoms with Gasteiger partial charge in [-0.2, -0.15) is 0 Å². The Morgan fingerprint density at radius 1 is 1.04 bits per heavy atom. The molecule has 0 bridgehead atoms. The van der Waals surface area contributed by atoms with Crippen LogP contribution in [0.4, 0.5) is 0 Å². The van der Waals surface area contributed by atoms with Gasteiger partial charge in [0, 0.05) is 12.5 Å². The molecule has 5 heteroatoms. The predicted octanol–water partition coefficient (Wildman–Crippen LogP) is 3.41. The van der Waals surface area contributed by atoms with E-state index in [-0.39, 0.29) is 29.4 Å². The molecular weight excluding hydrogens is 334 g/mol. The Balaban J connectivity index is 1.46. The lowest BCUT2D eigenvalue weighted by Crippen LogP contribution is -2.37. The lowest BCUT2D eigenvalue weighted by Gasteiger charge is -2.30. The Hall–Kier alpha value is -1.36. The molecule has 0 saturated heterocycles. The first-order valence-electron chi connectivity index (χ1n) is 9.67. The van der Waals surface area contributed by atoms with Gasteiger partial charge in [0.1, 0.15) is 0 Å². The average molecular weight is 362 g/mol. The van der Waals surface area contributed by atoms with Crippen LogP contribution >= 0.6 is 0 Å². The summed E-state index contributed by atoms with van der Waals surface area (Å²) in [5, 5.41) is -0.207. The SMILES string of the molecule is O=C(CCS(=O)(=O)C1CCCC1)N(C1CC1)[C@@H]1CCc2ccccc21. The van der Waals surface area contributed by atoms with Crippen molar-refractivity contribution in [3.8, 4) is 0 Å². The molecule has 1 amide bonds. The summed E-state index contributed by atoms with van der Waals surface area (Å²) in [4.78, 5) is 15.0. The number of amides is 1. The molecule has 1 atom stereocenters. The maximum atomic E-state index is 12.9. The van der Waals surface area contributed by atoms with Crippen LogP contribution in [-0.2, 0) is 21.1 Å². The van der Waals surface area contributed by atoms with E-state index in [1.807, 2.05) is 11.0 Å². The van der Waals surface area contributed by atoms with Crippen LogP contribution in [0.1, 0.15) is 68.5 Å². The van der Waals surface area contributed by atoms with Crippen molar-refractivity contribution in [2.24, 2.45) is 0 Å². The number of carbonyl (C=O) groups excluding carboxylic acids is 1. The van der Waals surface area contributed by atoms with Crippen molar-refractivity contribution in [2.75, 3.05) is 5.75 Å². The number of sulfone groups is 1. The smallest absolute Gasteiger partial charge is 0.224 e. The number of hydrogen-bond acceptors (Lipinski definition) is 3. The van der Waals surface area contributed by atoms with Crippen molar-refractivity contribution < 1.29 is 13.2 Å². The highest BCUT2D eigenvalue weighted by Gasteiger charge is 2.40. The van der Waals surface area contributed by atoms with Crippen LogP contribution in [0.2, 0.25) is 0 Å². The van der Waals surface area contributed by atoms with E-state index in [2.05, 4.69) is 18.2 Å². The minimum atomic E-state index is -3.13. The third-order valence-electron chi connectivity index (χ3n) is 6.08. The summed E-state index contributed by atoms with van der Waals surface area (Å²) in [7, 11) is -3.13. The molecule has 2 fully saturated rings. The number of rotatable bonds is 6. The summed E-state index contributed by atoms with van der Waals surface area (Å²) in [5.41, 5.74) is 2.60. The zero-order chi connectivity index (χ0) is 17.4. The van der Waals surface area contributed by atoms with E-state index in [0.717, 1.165) is 51.4 Å². The maximum absolute atomic E-state index is 12.9. The number of aryl methyl sites for hydroxylation is 1. The molecule has 1 aromatic rings. The first kappa shape index (κ1) is 17.1. The van der Waals surface area contributed by atoms with Gasteiger partial charge in [0.05, 0.1) is 17.0 Å². The summed E-state index contributed by atoms with van der Waals surface area (Å²) in [6.45, 7) is 0. The minimum absolute atomic E-state index is 0.0219. The molecular formula is C20H27NO3S. The van der Waals surface area contributed by atoms with Gasteiger partial charge in [-0.05, 0) is 49.7 Å². The van der Waals surface area contributed by atoms with E-state index < -0.39 is 9.84 Å². The van der Waals surface area contributed by atoms with Gasteiger partial charge < -0.3 is 4.90 Å². The Morgan fingerprint density at radius 2 is 1.76 bits per heavy atom. The van der Waals surface area contributed by atoms with E-state index in [9.17, 15) is 13.2 Å². The highest BCUT2D eigenvalue weighted by Crippen LogP contribution is 2.42. The topological polar surface area (TPSA) is 54.5 Å². The van der Waals surface area contributed by atoms with Crippen molar-refractivity contribution in [3.05, 3.63) is 35.4 Å². The third kappa shape index (κ3) is 3.48. The first-order valence-corrected chi connectivity index (χ1v) is 11.4. The summed E-state index contributed by atoms with van der Waals surface area (Å²) in [6.07, 6.45) is 7.80. The van der Waals surface area contributed by atoms with Crippen LogP contribution in [0.3, 0.4) is 0 Å². The largest absolute Gasteiger partial charge is 0.333 e. The molecule has 0 heterocycles. The van der Waals surface area contributed by atoms with Crippen LogP contribution in [-0.4, -0.2) is 36.3 Å². The van der Waals surface area contributed by atoms with E-state index in [1.54, 1.807) is 0 Å². The number of benzene rings is 1. The molecule has 136 valence electrons. The number of carbonyl (C=O) groups is 1. The molecule has 25 heavy (non-hydrogen) atoms. The predicted molar refractivity (Wildman–Crippen MR) is 98.0 cm³/mol. The third-order valence-corrected chi connectivity index (χ3v) is 8.34. The average Bonchev–Trinajstić information content (AvgIpc) is 3.11. The number of nitrogens with zero attached hydrogens (tertiary/aromatic N) is 1. The lowest BCUT2D eigenvalue weighted by atomic mass is 10.1. The second-order valence-electron chi connectivity index (χ2n) is 7.81. The fourth-order valence-corrected chi connectivity index (χ4v) is 6.43. The van der Waals surface area contributed by atoms with Gasteiger partial charge in [-0.15, -0.1) is 0 Å². The Labute approximate surface area is 150 Å². The number of hydrogen-bond donors (Lipinski definition) is 0. The van der Waals surface area contributed by atoms with Crippen molar-refractivity contribution in [2.45, 2.75) is 75.1 Å². The normalized spacial score (nSPS) is 23.6. The van der Waals surface area contributed by atoms with E-state index in [4.69, 9.17) is 0 Å². The molecule has 2 saturated carbocycles. The van der Waals surface area contributed by atoms with E-state index in [1.165, 1.54) is 11.1 Å². The molecule has 4 rings (SSSR count). The first-order chi connectivity index (χ1) is 12.1. The fraction of sp³-hybridized carbons (Fsp3) is 0.650. The maximum Gasteiger partial charge on any atom is 0.224 e. The quantitative estimate of drug-likeness (QED) is 0.780. The molecule has 1 aromatic carbocycles. The lowest BCUT2D eigenvalue weighted by molar-refractivity contribution is -0.134. The molecule has 0 N–H and O–H groups in total. The minimum Gasteiger partial charge on any atom is -0.333 e.